The number of hydrogen-bond donors (Lipinski definition) is 1. The van der Waals surface area contributed by atoms with Gasteiger partial charge in [-0.1, -0.05) is 6.07 Å². The van der Waals surface area contributed by atoms with Gasteiger partial charge >= 0.3 is 0 Å². The van der Waals surface area contributed by atoms with E-state index < -0.39 is 0 Å². The van der Waals surface area contributed by atoms with Gasteiger partial charge < -0.3 is 10.1 Å². The monoisotopic (exact) mass is 280 g/mol. The van der Waals surface area contributed by atoms with E-state index in [0.29, 0.717) is 5.75 Å². The molecule has 1 atom stereocenters. The lowest BCUT2D eigenvalue weighted by Gasteiger charge is -2.36. The van der Waals surface area contributed by atoms with Gasteiger partial charge in [0.1, 0.15) is 0 Å². The van der Waals surface area contributed by atoms with E-state index in [4.69, 9.17) is 4.74 Å². The van der Waals surface area contributed by atoms with Crippen molar-refractivity contribution in [1.82, 2.24) is 10.2 Å². The Morgan fingerprint density at radius 1 is 1.40 bits per heavy atom. The highest BCUT2D eigenvalue weighted by atomic mass is 19.1. The van der Waals surface area contributed by atoms with Crippen LogP contribution in [-0.4, -0.2) is 38.7 Å². The number of nitrogens with zero attached hydrogens (tertiary/aromatic N) is 1. The van der Waals surface area contributed by atoms with Gasteiger partial charge in [0.25, 0.3) is 0 Å². The highest BCUT2D eigenvalue weighted by Crippen LogP contribution is 2.28. The van der Waals surface area contributed by atoms with Crippen molar-refractivity contribution in [1.29, 1.82) is 0 Å². The van der Waals surface area contributed by atoms with E-state index in [-0.39, 0.29) is 11.9 Å². The molecule has 0 saturated carbocycles. The first-order valence-electron chi connectivity index (χ1n) is 7.37. The Morgan fingerprint density at radius 3 is 2.65 bits per heavy atom. The largest absolute Gasteiger partial charge is 0.494 e. The summed E-state index contributed by atoms with van der Waals surface area (Å²) < 4.78 is 18.8. The Bertz CT molecular complexity index is 430. The van der Waals surface area contributed by atoms with E-state index in [1.54, 1.807) is 12.1 Å². The standard InChI is InChI=1S/C16H25FN2O/c1-12(14-4-5-16(20-3)15(17)10-14)19-8-6-13(7-9-19)11-18-2/h4-5,10,12-13,18H,6-9,11H2,1-3H3. The van der Waals surface area contributed by atoms with Crippen LogP contribution in [-0.2, 0) is 0 Å². The van der Waals surface area contributed by atoms with Gasteiger partial charge in [0.15, 0.2) is 11.6 Å². The Morgan fingerprint density at radius 2 is 2.10 bits per heavy atom. The first-order chi connectivity index (χ1) is 9.65. The van der Waals surface area contributed by atoms with Crippen LogP contribution in [0.5, 0.6) is 5.75 Å². The third-order valence-corrected chi connectivity index (χ3v) is 4.35. The summed E-state index contributed by atoms with van der Waals surface area (Å²) >= 11 is 0. The molecule has 0 bridgehead atoms. The van der Waals surface area contributed by atoms with Crippen molar-refractivity contribution in [3.63, 3.8) is 0 Å². The first kappa shape index (κ1) is 15.3. The SMILES string of the molecule is CNCC1CCN(C(C)c2ccc(OC)c(F)c2)CC1. The molecule has 4 heteroatoms. The van der Waals surface area contributed by atoms with E-state index >= 15 is 0 Å². The molecule has 1 aromatic carbocycles. The molecule has 2 rings (SSSR count). The van der Waals surface area contributed by atoms with Crippen LogP contribution in [0.1, 0.15) is 31.4 Å². The molecule has 1 N–H and O–H groups in total. The number of ether oxygens (including phenoxy) is 1. The fourth-order valence-corrected chi connectivity index (χ4v) is 2.99. The molecule has 1 saturated heterocycles. The second-order valence-electron chi connectivity index (χ2n) is 5.61. The lowest BCUT2D eigenvalue weighted by molar-refractivity contribution is 0.141. The van der Waals surface area contributed by atoms with Crippen molar-refractivity contribution < 1.29 is 9.13 Å². The molecule has 0 radical (unpaired) electrons. The Hall–Kier alpha value is -1.13. The molecular weight excluding hydrogens is 255 g/mol. The molecule has 0 amide bonds. The fraction of sp³-hybridized carbons (Fsp3) is 0.625. The zero-order valence-corrected chi connectivity index (χ0v) is 12.7. The number of nitrogens with one attached hydrogen (secondary N) is 1. The van der Waals surface area contributed by atoms with Crippen molar-refractivity contribution >= 4 is 0 Å². The van der Waals surface area contributed by atoms with Crippen molar-refractivity contribution in [3.8, 4) is 5.75 Å². The molecular formula is C16H25FN2O. The summed E-state index contributed by atoms with van der Waals surface area (Å²) in [4.78, 5) is 2.44. The second kappa shape index (κ2) is 7.04. The maximum absolute atomic E-state index is 13.8. The molecule has 112 valence electrons. The molecule has 1 aromatic rings. The summed E-state index contributed by atoms with van der Waals surface area (Å²) in [5.74, 6) is 0.812. The number of rotatable bonds is 5. The second-order valence-corrected chi connectivity index (χ2v) is 5.61. The van der Waals surface area contributed by atoms with Crippen LogP contribution in [0.4, 0.5) is 4.39 Å². The van der Waals surface area contributed by atoms with Crippen LogP contribution in [0.2, 0.25) is 0 Å². The molecule has 1 heterocycles. The molecule has 0 aliphatic carbocycles. The fourth-order valence-electron chi connectivity index (χ4n) is 2.99. The normalized spacial score (nSPS) is 19.0. The Labute approximate surface area is 121 Å². The number of methoxy groups -OCH3 is 1. The van der Waals surface area contributed by atoms with E-state index in [2.05, 4.69) is 17.1 Å². The maximum Gasteiger partial charge on any atom is 0.165 e. The van der Waals surface area contributed by atoms with Crippen molar-refractivity contribution in [2.24, 2.45) is 5.92 Å². The van der Waals surface area contributed by atoms with Crippen LogP contribution in [0.25, 0.3) is 0 Å². The molecule has 1 unspecified atom stereocenters. The van der Waals surface area contributed by atoms with Gasteiger partial charge in [-0.25, -0.2) is 4.39 Å². The quantitative estimate of drug-likeness (QED) is 0.897. The minimum absolute atomic E-state index is 0.256. The van der Waals surface area contributed by atoms with E-state index in [1.165, 1.54) is 20.0 Å². The maximum atomic E-state index is 13.8. The predicted molar refractivity (Wildman–Crippen MR) is 79.6 cm³/mol. The van der Waals surface area contributed by atoms with Gasteiger partial charge in [-0.15, -0.1) is 0 Å². The predicted octanol–water partition coefficient (Wildman–Crippen LogP) is 2.83. The average molecular weight is 280 g/mol. The van der Waals surface area contributed by atoms with Crippen molar-refractivity contribution in [2.45, 2.75) is 25.8 Å². The summed E-state index contributed by atoms with van der Waals surface area (Å²) in [7, 11) is 3.50. The zero-order chi connectivity index (χ0) is 14.5. The summed E-state index contributed by atoms with van der Waals surface area (Å²) in [5, 5.41) is 3.25. The lowest BCUT2D eigenvalue weighted by atomic mass is 9.94. The molecule has 20 heavy (non-hydrogen) atoms. The van der Waals surface area contributed by atoms with Crippen LogP contribution in [0.3, 0.4) is 0 Å². The highest BCUT2D eigenvalue weighted by Gasteiger charge is 2.23. The van der Waals surface area contributed by atoms with E-state index in [1.807, 2.05) is 13.1 Å². The lowest BCUT2D eigenvalue weighted by Crippen LogP contribution is -2.38. The molecule has 0 spiro atoms. The van der Waals surface area contributed by atoms with Crippen LogP contribution < -0.4 is 10.1 Å². The minimum Gasteiger partial charge on any atom is -0.494 e. The molecule has 1 aliphatic rings. The third kappa shape index (κ3) is 3.49. The molecule has 1 fully saturated rings. The van der Waals surface area contributed by atoms with Gasteiger partial charge in [0.2, 0.25) is 0 Å². The molecule has 0 aromatic heterocycles. The van der Waals surface area contributed by atoms with Crippen LogP contribution in [0, 0.1) is 11.7 Å². The van der Waals surface area contributed by atoms with Crippen LogP contribution >= 0.6 is 0 Å². The van der Waals surface area contributed by atoms with Gasteiger partial charge in [0, 0.05) is 6.04 Å². The minimum atomic E-state index is -0.276. The summed E-state index contributed by atoms with van der Waals surface area (Å²) in [6.45, 7) is 5.42. The zero-order valence-electron chi connectivity index (χ0n) is 12.7. The summed E-state index contributed by atoms with van der Waals surface area (Å²) in [5.41, 5.74) is 1.02. The smallest absolute Gasteiger partial charge is 0.165 e. The van der Waals surface area contributed by atoms with Crippen molar-refractivity contribution in [2.75, 3.05) is 33.8 Å². The van der Waals surface area contributed by atoms with E-state index in [0.717, 1.165) is 31.1 Å². The number of piperidine rings is 1. The highest BCUT2D eigenvalue weighted by molar-refractivity contribution is 5.30. The van der Waals surface area contributed by atoms with Gasteiger partial charge in [-0.05, 0) is 70.1 Å². The summed E-state index contributed by atoms with van der Waals surface area (Å²) in [6, 6.07) is 5.54. The average Bonchev–Trinajstić information content (AvgIpc) is 2.47. The summed E-state index contributed by atoms with van der Waals surface area (Å²) in [6.07, 6.45) is 2.42. The van der Waals surface area contributed by atoms with Gasteiger partial charge in [-0.2, -0.15) is 0 Å². The van der Waals surface area contributed by atoms with Gasteiger partial charge in [-0.3, -0.25) is 4.90 Å². The van der Waals surface area contributed by atoms with Crippen LogP contribution in [0.15, 0.2) is 18.2 Å². The molecule has 3 nitrogen and oxygen atoms in total. The number of halogens is 1. The van der Waals surface area contributed by atoms with Crippen molar-refractivity contribution in [3.05, 3.63) is 29.6 Å². The van der Waals surface area contributed by atoms with Gasteiger partial charge in [0.05, 0.1) is 7.11 Å². The number of benzene rings is 1. The topological polar surface area (TPSA) is 24.5 Å². The molecule has 1 aliphatic heterocycles. The number of hydrogen-bond acceptors (Lipinski definition) is 3. The first-order valence-corrected chi connectivity index (χ1v) is 7.37. The third-order valence-electron chi connectivity index (χ3n) is 4.35. The van der Waals surface area contributed by atoms with E-state index in [9.17, 15) is 4.39 Å². The Balaban J connectivity index is 1.98. The number of likely N-dealkylation sites (tertiary alicyclic amines) is 1. The Kier molecular flexibility index (Phi) is 5.38.